The van der Waals surface area contributed by atoms with E-state index in [1.54, 1.807) is 11.8 Å². The topological polar surface area (TPSA) is 3.24 Å². The molecule has 0 heterocycles. The van der Waals surface area contributed by atoms with E-state index >= 15 is 0 Å². The SMILES string of the molecule is CSc1cc(-c2cccc(N(C)c3ccccc3C)c2)ccc1C. The Morgan fingerprint density at radius 1 is 0.750 bits per heavy atom. The molecule has 0 aliphatic carbocycles. The first-order valence-corrected chi connectivity index (χ1v) is 9.37. The maximum atomic E-state index is 2.28. The summed E-state index contributed by atoms with van der Waals surface area (Å²) in [6, 6.07) is 23.9. The quantitative estimate of drug-likeness (QED) is 0.504. The number of benzene rings is 3. The van der Waals surface area contributed by atoms with Gasteiger partial charge in [0.2, 0.25) is 0 Å². The van der Waals surface area contributed by atoms with Crippen molar-refractivity contribution in [2.45, 2.75) is 18.7 Å². The normalized spacial score (nSPS) is 10.7. The Morgan fingerprint density at radius 2 is 1.50 bits per heavy atom. The van der Waals surface area contributed by atoms with Crippen molar-refractivity contribution in [3.05, 3.63) is 77.9 Å². The van der Waals surface area contributed by atoms with E-state index in [0.29, 0.717) is 0 Å². The molecule has 0 aromatic heterocycles. The van der Waals surface area contributed by atoms with Crippen LogP contribution in [0.1, 0.15) is 11.1 Å². The highest BCUT2D eigenvalue weighted by molar-refractivity contribution is 7.98. The van der Waals surface area contributed by atoms with E-state index in [-0.39, 0.29) is 0 Å². The van der Waals surface area contributed by atoms with E-state index in [1.807, 2.05) is 0 Å². The van der Waals surface area contributed by atoms with Gasteiger partial charge in [-0.2, -0.15) is 0 Å². The van der Waals surface area contributed by atoms with Crippen molar-refractivity contribution in [2.75, 3.05) is 18.2 Å². The largest absolute Gasteiger partial charge is 0.344 e. The van der Waals surface area contributed by atoms with Crippen LogP contribution in [-0.2, 0) is 0 Å². The molecule has 0 saturated carbocycles. The van der Waals surface area contributed by atoms with Crippen molar-refractivity contribution in [1.82, 2.24) is 0 Å². The Morgan fingerprint density at radius 3 is 2.25 bits per heavy atom. The molecule has 122 valence electrons. The molecule has 3 aromatic carbocycles. The lowest BCUT2D eigenvalue weighted by Crippen LogP contribution is -2.10. The minimum atomic E-state index is 1.20. The Hall–Kier alpha value is -2.19. The van der Waals surface area contributed by atoms with Crippen molar-refractivity contribution in [2.24, 2.45) is 0 Å². The fourth-order valence-corrected chi connectivity index (χ4v) is 3.61. The van der Waals surface area contributed by atoms with Crippen LogP contribution in [-0.4, -0.2) is 13.3 Å². The minimum Gasteiger partial charge on any atom is -0.344 e. The highest BCUT2D eigenvalue weighted by Crippen LogP contribution is 2.32. The van der Waals surface area contributed by atoms with Gasteiger partial charge in [-0.25, -0.2) is 0 Å². The summed E-state index contributed by atoms with van der Waals surface area (Å²) in [7, 11) is 2.13. The third-order valence-corrected chi connectivity index (χ3v) is 5.33. The van der Waals surface area contributed by atoms with Gasteiger partial charge in [0, 0.05) is 23.3 Å². The molecular weight excluding hydrogens is 310 g/mol. The average Bonchev–Trinajstić information content (AvgIpc) is 2.62. The number of hydrogen-bond acceptors (Lipinski definition) is 2. The molecule has 24 heavy (non-hydrogen) atoms. The summed E-state index contributed by atoms with van der Waals surface area (Å²) in [6.45, 7) is 4.32. The van der Waals surface area contributed by atoms with Gasteiger partial charge in [-0.3, -0.25) is 0 Å². The van der Waals surface area contributed by atoms with Crippen LogP contribution in [0.4, 0.5) is 11.4 Å². The number of hydrogen-bond donors (Lipinski definition) is 0. The van der Waals surface area contributed by atoms with E-state index in [0.717, 1.165) is 0 Å². The maximum Gasteiger partial charge on any atom is 0.0437 e. The highest BCUT2D eigenvalue weighted by Gasteiger charge is 2.08. The summed E-state index contributed by atoms with van der Waals surface area (Å²) < 4.78 is 0. The van der Waals surface area contributed by atoms with Gasteiger partial charge >= 0.3 is 0 Å². The second-order valence-corrected chi connectivity index (χ2v) is 6.93. The molecule has 0 atom stereocenters. The standard InChI is InChI=1S/C22H23NS/c1-16-8-5-6-11-21(16)23(3)20-10-7-9-18(14-20)19-13-12-17(2)22(15-19)24-4/h5-15H,1-4H3. The Labute approximate surface area is 149 Å². The minimum absolute atomic E-state index is 1.20. The smallest absolute Gasteiger partial charge is 0.0437 e. The molecule has 3 rings (SSSR count). The van der Waals surface area contributed by atoms with Crippen LogP contribution < -0.4 is 4.90 Å². The van der Waals surface area contributed by atoms with Crippen LogP contribution in [0.3, 0.4) is 0 Å². The van der Waals surface area contributed by atoms with Gasteiger partial charge in [-0.05, 0) is 66.6 Å². The molecule has 0 aliphatic heterocycles. The Kier molecular flexibility index (Phi) is 4.96. The molecule has 1 nitrogen and oxygen atoms in total. The zero-order valence-electron chi connectivity index (χ0n) is 14.7. The number of aryl methyl sites for hydroxylation is 2. The zero-order chi connectivity index (χ0) is 17.1. The van der Waals surface area contributed by atoms with Gasteiger partial charge in [0.25, 0.3) is 0 Å². The second-order valence-electron chi connectivity index (χ2n) is 6.08. The first-order chi connectivity index (χ1) is 11.6. The summed E-state index contributed by atoms with van der Waals surface area (Å²) in [5.74, 6) is 0. The molecule has 0 unspecified atom stereocenters. The molecular formula is C22H23NS. The number of nitrogens with zero attached hydrogens (tertiary/aromatic N) is 1. The molecule has 0 aliphatic rings. The number of rotatable bonds is 4. The molecule has 0 saturated heterocycles. The van der Waals surface area contributed by atoms with Crippen molar-refractivity contribution in [3.8, 4) is 11.1 Å². The van der Waals surface area contributed by atoms with Gasteiger partial charge in [-0.1, -0.05) is 42.5 Å². The zero-order valence-corrected chi connectivity index (χ0v) is 15.5. The summed E-state index contributed by atoms with van der Waals surface area (Å²) >= 11 is 1.80. The van der Waals surface area contributed by atoms with Crippen molar-refractivity contribution < 1.29 is 0 Å². The molecule has 0 radical (unpaired) electrons. The van der Waals surface area contributed by atoms with Gasteiger partial charge in [0.05, 0.1) is 0 Å². The third-order valence-electron chi connectivity index (χ3n) is 4.45. The summed E-state index contributed by atoms with van der Waals surface area (Å²) in [5, 5.41) is 0. The fourth-order valence-electron chi connectivity index (χ4n) is 2.97. The van der Waals surface area contributed by atoms with E-state index in [2.05, 4.69) is 98.8 Å². The van der Waals surface area contributed by atoms with Gasteiger partial charge in [0.15, 0.2) is 0 Å². The van der Waals surface area contributed by atoms with Crippen LogP contribution in [0.2, 0.25) is 0 Å². The van der Waals surface area contributed by atoms with E-state index < -0.39 is 0 Å². The van der Waals surface area contributed by atoms with Gasteiger partial charge < -0.3 is 4.90 Å². The van der Waals surface area contributed by atoms with E-state index in [4.69, 9.17) is 0 Å². The number of anilines is 2. The summed E-state index contributed by atoms with van der Waals surface area (Å²) in [4.78, 5) is 3.59. The summed E-state index contributed by atoms with van der Waals surface area (Å²) in [5.41, 5.74) is 7.58. The van der Waals surface area contributed by atoms with Crippen molar-refractivity contribution in [1.29, 1.82) is 0 Å². The first-order valence-electron chi connectivity index (χ1n) is 8.14. The highest BCUT2D eigenvalue weighted by atomic mass is 32.2. The van der Waals surface area contributed by atoms with Crippen LogP contribution >= 0.6 is 11.8 Å². The predicted molar refractivity (Wildman–Crippen MR) is 108 cm³/mol. The van der Waals surface area contributed by atoms with Crippen molar-refractivity contribution >= 4 is 23.1 Å². The lowest BCUT2D eigenvalue weighted by atomic mass is 10.0. The van der Waals surface area contributed by atoms with E-state index in [9.17, 15) is 0 Å². The molecule has 0 N–H and O–H groups in total. The lowest BCUT2D eigenvalue weighted by Gasteiger charge is -2.22. The molecule has 3 aromatic rings. The molecule has 0 spiro atoms. The maximum absolute atomic E-state index is 2.28. The monoisotopic (exact) mass is 333 g/mol. The second kappa shape index (κ2) is 7.14. The van der Waals surface area contributed by atoms with Gasteiger partial charge in [0.1, 0.15) is 0 Å². The molecule has 0 amide bonds. The molecule has 2 heteroatoms. The van der Waals surface area contributed by atoms with Crippen LogP contribution in [0, 0.1) is 13.8 Å². The number of para-hydroxylation sites is 1. The van der Waals surface area contributed by atoms with Crippen LogP contribution in [0.5, 0.6) is 0 Å². The van der Waals surface area contributed by atoms with Crippen molar-refractivity contribution in [3.63, 3.8) is 0 Å². The van der Waals surface area contributed by atoms with Gasteiger partial charge in [-0.15, -0.1) is 11.8 Å². The van der Waals surface area contributed by atoms with E-state index in [1.165, 1.54) is 38.5 Å². The van der Waals surface area contributed by atoms with Crippen LogP contribution in [0.15, 0.2) is 71.6 Å². The number of thioether (sulfide) groups is 1. The Balaban J connectivity index is 1.99. The summed E-state index contributed by atoms with van der Waals surface area (Å²) in [6.07, 6.45) is 2.13. The molecule has 0 bridgehead atoms. The molecule has 0 fully saturated rings. The Bertz CT molecular complexity index is 854. The predicted octanol–water partition coefficient (Wildman–Crippen LogP) is 6.46. The lowest BCUT2D eigenvalue weighted by molar-refractivity contribution is 1.18. The van der Waals surface area contributed by atoms with Crippen LogP contribution in [0.25, 0.3) is 11.1 Å². The first kappa shape index (κ1) is 16.7. The fraction of sp³-hybridized carbons (Fsp3) is 0.182. The third kappa shape index (κ3) is 3.34. The average molecular weight is 334 g/mol.